The van der Waals surface area contributed by atoms with E-state index in [1.54, 1.807) is 4.78 Å². The standard InChI is InChI=1S/C9H17BIN2O2P/c1-7(13(12-6)16-11)10-14-8(2,3)9(4,5)15-10/h16H,1,6H2,2-5H3. The largest absolute Gasteiger partial charge is 0.513 e. The molecule has 1 rings (SSSR count). The van der Waals surface area contributed by atoms with Crippen LogP contribution in [0.4, 0.5) is 0 Å². The molecule has 1 unspecified atom stereocenters. The quantitative estimate of drug-likeness (QED) is 0.256. The van der Waals surface area contributed by atoms with Crippen molar-refractivity contribution in [1.82, 2.24) is 4.78 Å². The molecule has 0 radical (unpaired) electrons. The van der Waals surface area contributed by atoms with Crippen molar-refractivity contribution in [2.24, 2.45) is 5.10 Å². The summed E-state index contributed by atoms with van der Waals surface area (Å²) in [6, 6.07) is 0. The number of rotatable bonds is 4. The van der Waals surface area contributed by atoms with Crippen LogP contribution in [-0.4, -0.2) is 29.8 Å². The van der Waals surface area contributed by atoms with Crippen LogP contribution >= 0.6 is 28.4 Å². The van der Waals surface area contributed by atoms with Crippen LogP contribution in [0.1, 0.15) is 27.7 Å². The minimum absolute atomic E-state index is 0.345. The number of halogens is 1. The lowest BCUT2D eigenvalue weighted by Crippen LogP contribution is -2.41. The highest BCUT2D eigenvalue weighted by Crippen LogP contribution is 2.41. The smallest absolute Gasteiger partial charge is 0.398 e. The molecule has 90 valence electrons. The van der Waals surface area contributed by atoms with E-state index in [0.717, 1.165) is 0 Å². The zero-order valence-electron chi connectivity index (χ0n) is 10.1. The molecule has 0 spiro atoms. The van der Waals surface area contributed by atoms with E-state index in [4.69, 9.17) is 9.31 Å². The maximum Gasteiger partial charge on any atom is 0.513 e. The van der Waals surface area contributed by atoms with E-state index in [2.05, 4.69) is 40.4 Å². The molecular weight excluding hydrogens is 337 g/mol. The first kappa shape index (κ1) is 14.4. The van der Waals surface area contributed by atoms with Gasteiger partial charge in [0.25, 0.3) is 0 Å². The van der Waals surface area contributed by atoms with Crippen molar-refractivity contribution in [2.75, 3.05) is 0 Å². The molecule has 1 aliphatic heterocycles. The summed E-state index contributed by atoms with van der Waals surface area (Å²) in [6.07, 6.45) is 0.434. The van der Waals surface area contributed by atoms with Crippen molar-refractivity contribution in [3.8, 4) is 0 Å². The van der Waals surface area contributed by atoms with Crippen molar-refractivity contribution < 1.29 is 9.31 Å². The predicted molar refractivity (Wildman–Crippen MR) is 78.9 cm³/mol. The summed E-state index contributed by atoms with van der Waals surface area (Å²) in [5.74, 6) is 0. The lowest BCUT2D eigenvalue weighted by Gasteiger charge is -2.32. The van der Waals surface area contributed by atoms with E-state index in [1.165, 1.54) is 0 Å². The molecule has 0 aromatic carbocycles. The highest BCUT2D eigenvalue weighted by molar-refractivity contribution is 14.2. The van der Waals surface area contributed by atoms with Crippen molar-refractivity contribution in [1.29, 1.82) is 0 Å². The van der Waals surface area contributed by atoms with Gasteiger partial charge in [0, 0.05) is 6.72 Å². The van der Waals surface area contributed by atoms with Gasteiger partial charge in [-0.2, -0.15) is 5.10 Å². The lowest BCUT2D eigenvalue weighted by atomic mass is 9.86. The average molecular weight is 354 g/mol. The van der Waals surface area contributed by atoms with Crippen molar-refractivity contribution >= 4 is 42.3 Å². The monoisotopic (exact) mass is 354 g/mol. The second-order valence-corrected chi connectivity index (χ2v) is 6.66. The van der Waals surface area contributed by atoms with E-state index in [1.807, 2.05) is 27.7 Å². The first-order chi connectivity index (χ1) is 7.25. The topological polar surface area (TPSA) is 34.1 Å². The van der Waals surface area contributed by atoms with Crippen LogP contribution in [0.15, 0.2) is 17.3 Å². The van der Waals surface area contributed by atoms with Crippen molar-refractivity contribution in [3.63, 3.8) is 0 Å². The van der Waals surface area contributed by atoms with Gasteiger partial charge in [-0.1, -0.05) is 6.58 Å². The van der Waals surface area contributed by atoms with Gasteiger partial charge in [0.05, 0.1) is 23.2 Å². The van der Waals surface area contributed by atoms with Crippen LogP contribution in [-0.2, 0) is 9.31 Å². The SMILES string of the molecule is C=NN(PI)C(=C)B1OC(C)(C)C(C)(C)O1. The van der Waals surface area contributed by atoms with Gasteiger partial charge >= 0.3 is 7.12 Å². The molecule has 1 heterocycles. The van der Waals surface area contributed by atoms with Gasteiger partial charge in [0.2, 0.25) is 0 Å². The highest BCUT2D eigenvalue weighted by Gasteiger charge is 2.53. The molecule has 16 heavy (non-hydrogen) atoms. The Labute approximate surface area is 112 Å². The maximum absolute atomic E-state index is 5.86. The molecule has 4 nitrogen and oxygen atoms in total. The molecule has 0 aliphatic carbocycles. The molecule has 1 fully saturated rings. The molecule has 1 aliphatic rings. The first-order valence-corrected chi connectivity index (χ1v) is 8.99. The Hall–Kier alpha value is 0.355. The first-order valence-electron chi connectivity index (χ1n) is 4.92. The molecular formula is C9H17BIN2O2P. The Morgan fingerprint density at radius 3 is 2.06 bits per heavy atom. The van der Waals surface area contributed by atoms with Gasteiger partial charge in [-0.25, -0.2) is 4.78 Å². The minimum Gasteiger partial charge on any atom is -0.398 e. The summed E-state index contributed by atoms with van der Waals surface area (Å²) in [6.45, 7) is 15.5. The number of hydrazone groups is 1. The average Bonchev–Trinajstić information content (AvgIpc) is 2.38. The third-order valence-corrected chi connectivity index (χ3v) is 4.98. The van der Waals surface area contributed by atoms with Crippen LogP contribution < -0.4 is 0 Å². The summed E-state index contributed by atoms with van der Waals surface area (Å²) in [4.78, 5) is 0. The fraction of sp³-hybridized carbons (Fsp3) is 0.667. The lowest BCUT2D eigenvalue weighted by molar-refractivity contribution is 0.00578. The Bertz CT molecular complexity index is 296. The van der Waals surface area contributed by atoms with Crippen molar-refractivity contribution in [3.05, 3.63) is 12.2 Å². The van der Waals surface area contributed by atoms with E-state index in [9.17, 15) is 0 Å². The fourth-order valence-electron chi connectivity index (χ4n) is 1.25. The third kappa shape index (κ3) is 2.60. The van der Waals surface area contributed by atoms with E-state index < -0.39 is 7.12 Å². The van der Waals surface area contributed by atoms with E-state index >= 15 is 0 Å². The predicted octanol–water partition coefficient (Wildman–Crippen LogP) is 2.99. The molecule has 1 saturated heterocycles. The number of nitrogens with zero attached hydrogens (tertiary/aromatic N) is 2. The zero-order valence-corrected chi connectivity index (χ0v) is 13.2. The molecule has 0 aromatic heterocycles. The molecule has 1 atom stereocenters. The normalized spacial score (nSPS) is 22.7. The van der Waals surface area contributed by atoms with Gasteiger partial charge in [-0.05, 0) is 49.7 Å². The van der Waals surface area contributed by atoms with Gasteiger partial charge in [0.15, 0.2) is 0 Å². The van der Waals surface area contributed by atoms with Crippen LogP contribution in [0.25, 0.3) is 0 Å². The zero-order chi connectivity index (χ0) is 12.6. The van der Waals surface area contributed by atoms with Gasteiger partial charge in [0.1, 0.15) is 0 Å². The maximum atomic E-state index is 5.86. The Balaban J connectivity index is 2.80. The van der Waals surface area contributed by atoms with Gasteiger partial charge in [-0.15, -0.1) is 0 Å². The number of hydrogen-bond acceptors (Lipinski definition) is 4. The molecule has 0 N–H and O–H groups in total. The molecule has 0 bridgehead atoms. The van der Waals surface area contributed by atoms with E-state index in [-0.39, 0.29) is 11.2 Å². The Kier molecular flexibility index (Phi) is 4.43. The van der Waals surface area contributed by atoms with Crippen LogP contribution in [0.5, 0.6) is 0 Å². The molecule has 7 heteroatoms. The molecule has 0 saturated carbocycles. The van der Waals surface area contributed by atoms with Crippen LogP contribution in [0, 0.1) is 0 Å². The second kappa shape index (κ2) is 4.92. The van der Waals surface area contributed by atoms with E-state index in [0.29, 0.717) is 12.0 Å². The molecule has 0 amide bonds. The highest BCUT2D eigenvalue weighted by atomic mass is 127. The second-order valence-electron chi connectivity index (χ2n) is 4.62. The van der Waals surface area contributed by atoms with Gasteiger partial charge < -0.3 is 9.31 Å². The minimum atomic E-state index is -0.447. The third-order valence-electron chi connectivity index (χ3n) is 3.02. The summed E-state index contributed by atoms with van der Waals surface area (Å²) >= 11 is 2.22. The Morgan fingerprint density at radius 2 is 1.75 bits per heavy atom. The number of hydrogen-bond donors (Lipinski definition) is 0. The van der Waals surface area contributed by atoms with Crippen LogP contribution in [0.3, 0.4) is 0 Å². The van der Waals surface area contributed by atoms with Gasteiger partial charge in [-0.3, -0.25) is 0 Å². The fourth-order valence-corrected chi connectivity index (χ4v) is 2.91. The summed E-state index contributed by atoms with van der Waals surface area (Å²) in [5.41, 5.74) is 0.00491. The van der Waals surface area contributed by atoms with Crippen LogP contribution in [0.2, 0.25) is 0 Å². The molecule has 0 aromatic rings. The summed E-state index contributed by atoms with van der Waals surface area (Å²) < 4.78 is 13.4. The van der Waals surface area contributed by atoms with Crippen molar-refractivity contribution in [2.45, 2.75) is 38.9 Å². The summed E-state index contributed by atoms with van der Waals surface area (Å²) in [5, 5.41) is 3.88. The Morgan fingerprint density at radius 1 is 1.31 bits per heavy atom. The summed E-state index contributed by atoms with van der Waals surface area (Å²) in [7, 11) is -0.447.